The topological polar surface area (TPSA) is 86.0 Å². The third-order valence-corrected chi connectivity index (χ3v) is 6.59. The maximum atomic E-state index is 14.6. The Balaban J connectivity index is 1.88. The smallest absolute Gasteiger partial charge is 0.306 e. The standard InChI is InChI=1S/C20H14ClF2N3O3S/c21-15-2-1-3-18(19(15)23)30(28,29)26(11-12-4-6-13(22)7-5-12)14-8-9-16-17(10-14)25-20(27)24-16/h1-10H,11H2,(H2,24,25,27). The Morgan fingerprint density at radius 3 is 2.37 bits per heavy atom. The predicted octanol–water partition coefficient (Wildman–Crippen LogP) is 4.18. The van der Waals surface area contributed by atoms with Gasteiger partial charge in [-0.15, -0.1) is 0 Å². The summed E-state index contributed by atoms with van der Waals surface area (Å²) in [4.78, 5) is 16.1. The Labute approximate surface area is 174 Å². The lowest BCUT2D eigenvalue weighted by atomic mass is 10.2. The van der Waals surface area contributed by atoms with Gasteiger partial charge >= 0.3 is 5.69 Å². The van der Waals surface area contributed by atoms with Crippen LogP contribution in [0.3, 0.4) is 0 Å². The van der Waals surface area contributed by atoms with Crippen LogP contribution < -0.4 is 9.99 Å². The van der Waals surface area contributed by atoms with Crippen LogP contribution in [0.25, 0.3) is 11.0 Å². The van der Waals surface area contributed by atoms with E-state index in [2.05, 4.69) is 9.97 Å². The van der Waals surface area contributed by atoms with Crippen LogP contribution in [0.5, 0.6) is 0 Å². The van der Waals surface area contributed by atoms with Crippen molar-refractivity contribution in [1.82, 2.24) is 9.97 Å². The fourth-order valence-corrected chi connectivity index (χ4v) is 4.81. The van der Waals surface area contributed by atoms with Crippen molar-refractivity contribution in [2.24, 2.45) is 0 Å². The van der Waals surface area contributed by atoms with Gasteiger partial charge in [-0.25, -0.2) is 22.0 Å². The fourth-order valence-electron chi connectivity index (χ4n) is 3.05. The highest BCUT2D eigenvalue weighted by Crippen LogP contribution is 2.31. The number of aromatic amines is 2. The number of aromatic nitrogens is 2. The molecule has 0 saturated heterocycles. The highest BCUT2D eigenvalue weighted by molar-refractivity contribution is 7.92. The molecule has 0 unspecified atom stereocenters. The maximum absolute atomic E-state index is 14.6. The minimum Gasteiger partial charge on any atom is -0.306 e. The van der Waals surface area contributed by atoms with E-state index in [0.717, 1.165) is 10.4 Å². The van der Waals surface area contributed by atoms with Crippen molar-refractivity contribution in [2.75, 3.05) is 4.31 Å². The van der Waals surface area contributed by atoms with Gasteiger partial charge in [-0.1, -0.05) is 29.8 Å². The third kappa shape index (κ3) is 3.69. The highest BCUT2D eigenvalue weighted by atomic mass is 35.5. The number of hydrogen-bond donors (Lipinski definition) is 2. The average molecular weight is 450 g/mol. The van der Waals surface area contributed by atoms with E-state index in [0.29, 0.717) is 16.6 Å². The van der Waals surface area contributed by atoms with Gasteiger partial charge in [0.05, 0.1) is 28.3 Å². The van der Waals surface area contributed by atoms with Crippen LogP contribution in [0.15, 0.2) is 70.4 Å². The maximum Gasteiger partial charge on any atom is 0.323 e. The molecule has 6 nitrogen and oxygen atoms in total. The van der Waals surface area contributed by atoms with Crippen molar-refractivity contribution < 1.29 is 17.2 Å². The van der Waals surface area contributed by atoms with E-state index in [1.165, 1.54) is 54.6 Å². The molecule has 2 N–H and O–H groups in total. The molecule has 154 valence electrons. The second kappa shape index (κ2) is 7.58. The molecule has 30 heavy (non-hydrogen) atoms. The normalized spacial score (nSPS) is 11.7. The molecule has 4 aromatic rings. The first-order chi connectivity index (χ1) is 14.3. The van der Waals surface area contributed by atoms with Gasteiger partial charge in [0.15, 0.2) is 5.82 Å². The summed E-state index contributed by atoms with van der Waals surface area (Å²) in [5.74, 6) is -1.54. The van der Waals surface area contributed by atoms with Gasteiger partial charge in [-0.3, -0.25) is 4.31 Å². The summed E-state index contributed by atoms with van der Waals surface area (Å²) in [6, 6.07) is 13.4. The van der Waals surface area contributed by atoms with Gasteiger partial charge in [-0.05, 0) is 48.0 Å². The molecule has 0 spiro atoms. The zero-order valence-electron chi connectivity index (χ0n) is 15.2. The van der Waals surface area contributed by atoms with E-state index in [9.17, 15) is 22.0 Å². The summed E-state index contributed by atoms with van der Waals surface area (Å²) >= 11 is 5.79. The molecule has 0 fully saturated rings. The van der Waals surface area contributed by atoms with Gasteiger partial charge < -0.3 is 9.97 Å². The minimum atomic E-state index is -4.40. The number of imidazole rings is 1. The van der Waals surface area contributed by atoms with Crippen LogP contribution in [0.4, 0.5) is 14.5 Å². The van der Waals surface area contributed by atoms with Crippen LogP contribution in [-0.2, 0) is 16.6 Å². The van der Waals surface area contributed by atoms with Crippen LogP contribution in [0, 0.1) is 11.6 Å². The highest BCUT2D eigenvalue weighted by Gasteiger charge is 2.29. The van der Waals surface area contributed by atoms with Crippen molar-refractivity contribution in [3.05, 3.63) is 93.4 Å². The monoisotopic (exact) mass is 449 g/mol. The first kappa shape index (κ1) is 20.1. The predicted molar refractivity (Wildman–Crippen MR) is 110 cm³/mol. The molecule has 10 heteroatoms. The minimum absolute atomic E-state index is 0.182. The van der Waals surface area contributed by atoms with E-state index < -0.39 is 32.2 Å². The lowest BCUT2D eigenvalue weighted by molar-refractivity contribution is 0.563. The van der Waals surface area contributed by atoms with Crippen molar-refractivity contribution in [1.29, 1.82) is 0 Å². The zero-order chi connectivity index (χ0) is 21.5. The molecule has 0 bridgehead atoms. The molecule has 0 atom stereocenters. The fraction of sp³-hybridized carbons (Fsp3) is 0.0500. The van der Waals surface area contributed by atoms with E-state index in [1.807, 2.05) is 0 Å². The summed E-state index contributed by atoms with van der Waals surface area (Å²) in [5, 5.41) is -0.330. The molecular formula is C20H14ClF2N3O3S. The summed E-state index contributed by atoms with van der Waals surface area (Å²) in [6.45, 7) is -0.200. The number of nitrogens with one attached hydrogen (secondary N) is 2. The first-order valence-corrected chi connectivity index (χ1v) is 10.5. The zero-order valence-corrected chi connectivity index (χ0v) is 16.8. The van der Waals surface area contributed by atoms with Crippen LogP contribution >= 0.6 is 11.6 Å². The van der Waals surface area contributed by atoms with Crippen LogP contribution in [0.1, 0.15) is 5.56 Å². The molecule has 3 aromatic carbocycles. The molecule has 0 amide bonds. The van der Waals surface area contributed by atoms with Gasteiger partial charge in [0.1, 0.15) is 10.7 Å². The van der Waals surface area contributed by atoms with Crippen molar-refractivity contribution in [3.8, 4) is 0 Å². The molecular weight excluding hydrogens is 436 g/mol. The summed E-state index contributed by atoms with van der Waals surface area (Å²) in [7, 11) is -4.40. The number of anilines is 1. The second-order valence-electron chi connectivity index (χ2n) is 6.50. The average Bonchev–Trinajstić information content (AvgIpc) is 3.08. The number of benzene rings is 3. The number of nitrogens with zero attached hydrogens (tertiary/aromatic N) is 1. The summed E-state index contributed by atoms with van der Waals surface area (Å²) < 4.78 is 55.6. The molecule has 0 saturated carbocycles. The number of fused-ring (bicyclic) bond motifs is 1. The number of H-pyrrole nitrogens is 2. The van der Waals surface area contributed by atoms with Gasteiger partial charge in [0.2, 0.25) is 0 Å². The molecule has 1 heterocycles. The van der Waals surface area contributed by atoms with E-state index in [1.54, 1.807) is 0 Å². The van der Waals surface area contributed by atoms with E-state index >= 15 is 0 Å². The van der Waals surface area contributed by atoms with Gasteiger partial charge in [0.25, 0.3) is 10.0 Å². The lowest BCUT2D eigenvalue weighted by Crippen LogP contribution is -2.31. The van der Waals surface area contributed by atoms with Crippen LogP contribution in [-0.4, -0.2) is 18.4 Å². The SMILES string of the molecule is O=c1[nH]c2ccc(N(Cc3ccc(F)cc3)S(=O)(=O)c3cccc(Cl)c3F)cc2[nH]1. The van der Waals surface area contributed by atoms with Crippen molar-refractivity contribution in [2.45, 2.75) is 11.4 Å². The van der Waals surface area contributed by atoms with Crippen molar-refractivity contribution >= 4 is 38.3 Å². The summed E-state index contributed by atoms with van der Waals surface area (Å²) in [5.41, 5.74) is 1.07. The third-order valence-electron chi connectivity index (χ3n) is 4.51. The Morgan fingerprint density at radius 1 is 0.933 bits per heavy atom. The Hall–Kier alpha value is -3.17. The largest absolute Gasteiger partial charge is 0.323 e. The number of rotatable bonds is 5. The van der Waals surface area contributed by atoms with E-state index in [4.69, 9.17) is 11.6 Å². The Kier molecular flexibility index (Phi) is 5.08. The molecule has 4 rings (SSSR count). The number of hydrogen-bond acceptors (Lipinski definition) is 3. The first-order valence-electron chi connectivity index (χ1n) is 8.69. The Morgan fingerprint density at radius 2 is 1.63 bits per heavy atom. The second-order valence-corrected chi connectivity index (χ2v) is 8.74. The summed E-state index contributed by atoms with van der Waals surface area (Å²) in [6.07, 6.45) is 0. The lowest BCUT2D eigenvalue weighted by Gasteiger charge is -2.25. The van der Waals surface area contributed by atoms with Crippen molar-refractivity contribution in [3.63, 3.8) is 0 Å². The Bertz CT molecular complexity index is 1400. The van der Waals surface area contributed by atoms with Gasteiger partial charge in [0, 0.05) is 0 Å². The van der Waals surface area contributed by atoms with E-state index in [-0.39, 0.29) is 17.3 Å². The molecule has 0 aliphatic heterocycles. The molecule has 1 aromatic heterocycles. The molecule has 0 aliphatic carbocycles. The van der Waals surface area contributed by atoms with Gasteiger partial charge in [-0.2, -0.15) is 0 Å². The number of sulfonamides is 1. The quantitative estimate of drug-likeness (QED) is 0.479. The number of halogens is 3. The molecule has 0 radical (unpaired) electrons. The molecule has 0 aliphatic rings. The van der Waals surface area contributed by atoms with Crippen LogP contribution in [0.2, 0.25) is 5.02 Å².